The van der Waals surface area contributed by atoms with E-state index in [1.807, 2.05) is 0 Å². The van der Waals surface area contributed by atoms with E-state index < -0.39 is 0 Å². The van der Waals surface area contributed by atoms with Gasteiger partial charge in [-0.15, -0.1) is 0 Å². The fourth-order valence-corrected chi connectivity index (χ4v) is 2.54. The maximum absolute atomic E-state index is 3.66. The van der Waals surface area contributed by atoms with Crippen LogP contribution < -0.4 is 10.6 Å². The number of nitrogens with one attached hydrogen (secondary N) is 2. The molecule has 0 unspecified atom stereocenters. The first-order valence-corrected chi connectivity index (χ1v) is 6.97. The maximum Gasteiger partial charge on any atom is 0.00970 e. The highest BCUT2D eigenvalue weighted by molar-refractivity contribution is 4.77. The van der Waals surface area contributed by atoms with Gasteiger partial charge in [0.2, 0.25) is 0 Å². The highest BCUT2D eigenvalue weighted by Crippen LogP contribution is 2.26. The molecule has 0 bridgehead atoms. The Morgan fingerprint density at radius 3 is 2.25 bits per heavy atom. The summed E-state index contributed by atoms with van der Waals surface area (Å²) in [5.74, 6) is 0.920. The van der Waals surface area contributed by atoms with E-state index >= 15 is 0 Å². The van der Waals surface area contributed by atoms with Gasteiger partial charge in [-0.3, -0.25) is 0 Å². The molecule has 0 aliphatic heterocycles. The second-order valence-electron chi connectivity index (χ2n) is 6.32. The Morgan fingerprint density at radius 1 is 1.06 bits per heavy atom. The Morgan fingerprint density at radius 2 is 1.69 bits per heavy atom. The van der Waals surface area contributed by atoms with Crippen molar-refractivity contribution in [3.05, 3.63) is 0 Å². The van der Waals surface area contributed by atoms with Gasteiger partial charge in [0.25, 0.3) is 0 Å². The third-order valence-corrected chi connectivity index (χ3v) is 3.60. The summed E-state index contributed by atoms with van der Waals surface area (Å²) in [6, 6.07) is 0.696. The molecule has 0 radical (unpaired) electrons. The monoisotopic (exact) mass is 226 g/mol. The molecule has 0 saturated heterocycles. The summed E-state index contributed by atoms with van der Waals surface area (Å²) >= 11 is 0. The van der Waals surface area contributed by atoms with Crippen LogP contribution in [0.4, 0.5) is 0 Å². The topological polar surface area (TPSA) is 24.1 Å². The minimum atomic E-state index is 0.246. The molecule has 0 spiro atoms. The molecule has 1 aliphatic rings. The molecule has 2 nitrogen and oxygen atoms in total. The third-order valence-electron chi connectivity index (χ3n) is 3.60. The standard InChI is InChI=1S/C14H30N2/c1-12(13-8-6-5-7-9-13)15-10-11-16-14(2,3)4/h12-13,15-16H,5-11H2,1-4H3/t12-/m0/s1. The zero-order valence-electron chi connectivity index (χ0n) is 11.6. The molecular formula is C14H30N2. The number of hydrogen-bond acceptors (Lipinski definition) is 2. The molecule has 0 heterocycles. The quantitative estimate of drug-likeness (QED) is 0.704. The first-order chi connectivity index (χ1) is 7.49. The minimum absolute atomic E-state index is 0.246. The molecular weight excluding hydrogens is 196 g/mol. The molecule has 1 fully saturated rings. The minimum Gasteiger partial charge on any atom is -0.313 e. The Balaban J connectivity index is 2.07. The van der Waals surface area contributed by atoms with Crippen LogP contribution in [0.25, 0.3) is 0 Å². The van der Waals surface area contributed by atoms with Crippen LogP contribution >= 0.6 is 0 Å². The molecule has 1 saturated carbocycles. The van der Waals surface area contributed by atoms with Crippen molar-refractivity contribution >= 4 is 0 Å². The van der Waals surface area contributed by atoms with Gasteiger partial charge in [0.05, 0.1) is 0 Å². The lowest BCUT2D eigenvalue weighted by Gasteiger charge is -2.29. The first-order valence-electron chi connectivity index (χ1n) is 6.97. The normalized spacial score (nSPS) is 21.0. The van der Waals surface area contributed by atoms with Gasteiger partial charge in [-0.05, 0) is 46.5 Å². The van der Waals surface area contributed by atoms with E-state index in [4.69, 9.17) is 0 Å². The summed E-state index contributed by atoms with van der Waals surface area (Å²) < 4.78 is 0. The van der Waals surface area contributed by atoms with Gasteiger partial charge in [-0.1, -0.05) is 19.3 Å². The van der Waals surface area contributed by atoms with Crippen LogP contribution in [-0.4, -0.2) is 24.7 Å². The van der Waals surface area contributed by atoms with Crippen molar-refractivity contribution < 1.29 is 0 Å². The first kappa shape index (κ1) is 14.0. The van der Waals surface area contributed by atoms with Crippen molar-refractivity contribution in [2.45, 2.75) is 71.4 Å². The zero-order chi connectivity index (χ0) is 12.0. The van der Waals surface area contributed by atoms with E-state index in [-0.39, 0.29) is 5.54 Å². The van der Waals surface area contributed by atoms with Crippen molar-refractivity contribution in [1.82, 2.24) is 10.6 Å². The highest BCUT2D eigenvalue weighted by atomic mass is 15.0. The molecule has 0 aromatic rings. The van der Waals surface area contributed by atoms with E-state index in [0.717, 1.165) is 19.0 Å². The molecule has 0 amide bonds. The molecule has 1 atom stereocenters. The molecule has 0 aromatic carbocycles. The van der Waals surface area contributed by atoms with E-state index in [0.29, 0.717) is 6.04 Å². The Labute approximate surface area is 102 Å². The van der Waals surface area contributed by atoms with Gasteiger partial charge in [0.15, 0.2) is 0 Å². The summed E-state index contributed by atoms with van der Waals surface area (Å²) in [5, 5.41) is 7.18. The summed E-state index contributed by atoms with van der Waals surface area (Å²) in [5.41, 5.74) is 0.246. The molecule has 16 heavy (non-hydrogen) atoms. The maximum atomic E-state index is 3.66. The summed E-state index contributed by atoms with van der Waals surface area (Å²) in [4.78, 5) is 0. The van der Waals surface area contributed by atoms with Crippen molar-refractivity contribution in [2.75, 3.05) is 13.1 Å². The fourth-order valence-electron chi connectivity index (χ4n) is 2.54. The largest absolute Gasteiger partial charge is 0.313 e. The van der Waals surface area contributed by atoms with Gasteiger partial charge in [0.1, 0.15) is 0 Å². The van der Waals surface area contributed by atoms with Crippen LogP contribution in [0, 0.1) is 5.92 Å². The van der Waals surface area contributed by atoms with Crippen LogP contribution in [0.15, 0.2) is 0 Å². The molecule has 1 aliphatic carbocycles. The Kier molecular flexibility index (Phi) is 5.77. The molecule has 2 heteroatoms. The number of rotatable bonds is 5. The predicted octanol–water partition coefficient (Wildman–Crippen LogP) is 2.93. The molecule has 96 valence electrons. The van der Waals surface area contributed by atoms with Gasteiger partial charge in [-0.2, -0.15) is 0 Å². The lowest BCUT2D eigenvalue weighted by Crippen LogP contribution is -2.43. The van der Waals surface area contributed by atoms with Crippen molar-refractivity contribution in [3.8, 4) is 0 Å². The third kappa shape index (κ3) is 5.86. The van der Waals surface area contributed by atoms with Gasteiger partial charge in [0, 0.05) is 24.7 Å². The predicted molar refractivity (Wildman–Crippen MR) is 71.8 cm³/mol. The summed E-state index contributed by atoms with van der Waals surface area (Å²) in [6.45, 7) is 11.2. The molecule has 1 rings (SSSR count). The summed E-state index contributed by atoms with van der Waals surface area (Å²) in [6.07, 6.45) is 7.20. The van der Waals surface area contributed by atoms with Gasteiger partial charge < -0.3 is 10.6 Å². The van der Waals surface area contributed by atoms with Crippen LogP contribution in [0.1, 0.15) is 59.8 Å². The average molecular weight is 226 g/mol. The highest BCUT2D eigenvalue weighted by Gasteiger charge is 2.19. The van der Waals surface area contributed by atoms with Crippen LogP contribution in [0.5, 0.6) is 0 Å². The smallest absolute Gasteiger partial charge is 0.00970 e. The fraction of sp³-hybridized carbons (Fsp3) is 1.00. The van der Waals surface area contributed by atoms with E-state index in [9.17, 15) is 0 Å². The van der Waals surface area contributed by atoms with E-state index in [1.165, 1.54) is 32.1 Å². The second kappa shape index (κ2) is 6.61. The van der Waals surface area contributed by atoms with E-state index in [1.54, 1.807) is 0 Å². The SMILES string of the molecule is C[C@H](NCCNC(C)(C)C)C1CCCCC1. The van der Waals surface area contributed by atoms with E-state index in [2.05, 4.69) is 38.3 Å². The molecule has 2 N–H and O–H groups in total. The lowest BCUT2D eigenvalue weighted by atomic mass is 9.84. The van der Waals surface area contributed by atoms with Crippen molar-refractivity contribution in [2.24, 2.45) is 5.92 Å². The molecule has 0 aromatic heterocycles. The Hall–Kier alpha value is -0.0800. The lowest BCUT2D eigenvalue weighted by molar-refractivity contribution is 0.279. The van der Waals surface area contributed by atoms with Gasteiger partial charge in [-0.25, -0.2) is 0 Å². The Bertz CT molecular complexity index is 178. The second-order valence-corrected chi connectivity index (χ2v) is 6.32. The van der Waals surface area contributed by atoms with Crippen LogP contribution in [0.2, 0.25) is 0 Å². The van der Waals surface area contributed by atoms with Crippen LogP contribution in [-0.2, 0) is 0 Å². The van der Waals surface area contributed by atoms with Crippen molar-refractivity contribution in [3.63, 3.8) is 0 Å². The van der Waals surface area contributed by atoms with Gasteiger partial charge >= 0.3 is 0 Å². The van der Waals surface area contributed by atoms with Crippen molar-refractivity contribution in [1.29, 1.82) is 0 Å². The summed E-state index contributed by atoms with van der Waals surface area (Å²) in [7, 11) is 0. The zero-order valence-corrected chi connectivity index (χ0v) is 11.6. The average Bonchev–Trinajstić information content (AvgIpc) is 2.24. The van der Waals surface area contributed by atoms with Crippen LogP contribution in [0.3, 0.4) is 0 Å². The number of hydrogen-bond donors (Lipinski definition) is 2.